The number of phenols is 1. The van der Waals surface area contributed by atoms with Gasteiger partial charge < -0.3 is 10.4 Å². The third-order valence-corrected chi connectivity index (χ3v) is 7.24. The highest BCUT2D eigenvalue weighted by Gasteiger charge is 2.41. The molecule has 0 aromatic heterocycles. The minimum absolute atomic E-state index is 0.0101. The average molecular weight is 470 g/mol. The number of nitrogens with one attached hydrogen (secondary N) is 1. The van der Waals surface area contributed by atoms with Gasteiger partial charge in [-0.05, 0) is 60.4 Å². The van der Waals surface area contributed by atoms with Crippen molar-refractivity contribution in [1.82, 2.24) is 5.32 Å². The lowest BCUT2D eigenvalue weighted by Gasteiger charge is -2.46. The van der Waals surface area contributed by atoms with Crippen molar-refractivity contribution in [1.29, 1.82) is 0 Å². The van der Waals surface area contributed by atoms with Gasteiger partial charge >= 0.3 is 6.18 Å². The van der Waals surface area contributed by atoms with Gasteiger partial charge in [0, 0.05) is 12.3 Å². The molecule has 2 aromatic carbocycles. The SMILES string of the molecule is CC(C)(Cc1cccc(C(F)(F)F)c1)C1CC(NC(=O)c2ccc(S(C)(=O)=O)cc2O)C1. The number of hydrogen-bond acceptors (Lipinski definition) is 4. The van der Waals surface area contributed by atoms with Crippen LogP contribution in [0.1, 0.15) is 48.2 Å². The summed E-state index contributed by atoms with van der Waals surface area (Å²) in [5.74, 6) is -0.698. The van der Waals surface area contributed by atoms with Gasteiger partial charge in [0.2, 0.25) is 0 Å². The lowest BCUT2D eigenvalue weighted by atomic mass is 9.62. The summed E-state index contributed by atoms with van der Waals surface area (Å²) in [6.07, 6.45) is -1.55. The van der Waals surface area contributed by atoms with Crippen molar-refractivity contribution in [2.24, 2.45) is 11.3 Å². The second-order valence-electron chi connectivity index (χ2n) is 9.15. The number of benzene rings is 2. The number of amides is 1. The normalized spacial score (nSPS) is 19.3. The maximum absolute atomic E-state index is 13.0. The Kier molecular flexibility index (Phi) is 6.34. The summed E-state index contributed by atoms with van der Waals surface area (Å²) >= 11 is 0. The molecule has 1 amide bonds. The van der Waals surface area contributed by atoms with Crippen molar-refractivity contribution < 1.29 is 31.5 Å². The van der Waals surface area contributed by atoms with E-state index in [2.05, 4.69) is 5.32 Å². The molecule has 1 fully saturated rings. The zero-order valence-corrected chi connectivity index (χ0v) is 18.8. The number of carbonyl (C=O) groups excluding carboxylic acids is 1. The van der Waals surface area contributed by atoms with Crippen LogP contribution >= 0.6 is 0 Å². The van der Waals surface area contributed by atoms with Crippen LogP contribution in [0.4, 0.5) is 13.2 Å². The Hall–Kier alpha value is -2.55. The van der Waals surface area contributed by atoms with E-state index in [-0.39, 0.29) is 27.8 Å². The molecule has 0 radical (unpaired) electrons. The molecule has 1 aliphatic rings. The predicted molar refractivity (Wildman–Crippen MR) is 114 cm³/mol. The van der Waals surface area contributed by atoms with Crippen molar-refractivity contribution >= 4 is 15.7 Å². The molecule has 1 saturated carbocycles. The van der Waals surface area contributed by atoms with Crippen LogP contribution in [0.2, 0.25) is 0 Å². The minimum atomic E-state index is -4.38. The van der Waals surface area contributed by atoms with E-state index in [9.17, 15) is 31.5 Å². The molecule has 5 nitrogen and oxygen atoms in total. The van der Waals surface area contributed by atoms with Crippen LogP contribution in [0.25, 0.3) is 0 Å². The first-order valence-electron chi connectivity index (χ1n) is 10.2. The van der Waals surface area contributed by atoms with E-state index in [1.807, 2.05) is 13.8 Å². The van der Waals surface area contributed by atoms with Crippen LogP contribution in [0.5, 0.6) is 5.75 Å². The summed E-state index contributed by atoms with van der Waals surface area (Å²) in [4.78, 5) is 12.4. The second-order valence-corrected chi connectivity index (χ2v) is 11.2. The van der Waals surface area contributed by atoms with Crippen LogP contribution < -0.4 is 5.32 Å². The standard InChI is InChI=1S/C23H26F3NO4S/c1-22(2,13-14-5-4-6-15(9-14)23(24,25)26)16-10-17(11-16)27-21(29)19-8-7-18(12-20(19)28)32(3,30)31/h4-9,12,16-17,28H,10-11,13H2,1-3H3,(H,27,29). The van der Waals surface area contributed by atoms with Crippen LogP contribution in [0, 0.1) is 11.3 Å². The molecule has 2 aromatic rings. The molecule has 3 rings (SSSR count). The topological polar surface area (TPSA) is 83.5 Å². The number of sulfone groups is 1. The summed E-state index contributed by atoms with van der Waals surface area (Å²) in [5, 5.41) is 12.9. The Labute approximate surface area is 185 Å². The number of hydrogen-bond donors (Lipinski definition) is 2. The molecular formula is C23H26F3NO4S. The molecule has 0 saturated heterocycles. The summed E-state index contributed by atoms with van der Waals surface area (Å²) in [6.45, 7) is 4.01. The van der Waals surface area contributed by atoms with E-state index in [4.69, 9.17) is 0 Å². The third kappa shape index (κ3) is 5.43. The molecule has 0 heterocycles. The molecule has 32 heavy (non-hydrogen) atoms. The Morgan fingerprint density at radius 1 is 1.12 bits per heavy atom. The molecule has 0 bridgehead atoms. The van der Waals surface area contributed by atoms with Crippen molar-refractivity contribution in [3.8, 4) is 5.75 Å². The Balaban J connectivity index is 1.59. The molecule has 1 aliphatic carbocycles. The second kappa shape index (κ2) is 8.42. The number of phenolic OH excluding ortho intramolecular Hbond substituents is 1. The van der Waals surface area contributed by atoms with E-state index in [0.29, 0.717) is 24.8 Å². The van der Waals surface area contributed by atoms with Gasteiger partial charge in [-0.15, -0.1) is 0 Å². The van der Waals surface area contributed by atoms with Crippen molar-refractivity contribution in [3.05, 3.63) is 59.2 Å². The fraction of sp³-hybridized carbons (Fsp3) is 0.435. The maximum atomic E-state index is 13.0. The molecule has 9 heteroatoms. The number of rotatable bonds is 6. The first kappa shape index (κ1) is 24.1. The smallest absolute Gasteiger partial charge is 0.416 e. The van der Waals surface area contributed by atoms with E-state index in [0.717, 1.165) is 18.4 Å². The third-order valence-electron chi connectivity index (χ3n) is 6.13. The van der Waals surface area contributed by atoms with Gasteiger partial charge in [-0.2, -0.15) is 13.2 Å². The molecule has 0 atom stereocenters. The number of aromatic hydroxyl groups is 1. The van der Waals surface area contributed by atoms with Gasteiger partial charge in [-0.25, -0.2) is 8.42 Å². The number of halogens is 3. The molecule has 0 spiro atoms. The van der Waals surface area contributed by atoms with Crippen LogP contribution in [-0.2, 0) is 22.4 Å². The van der Waals surface area contributed by atoms with Crippen molar-refractivity contribution in [2.75, 3.05) is 6.26 Å². The quantitative estimate of drug-likeness (QED) is 0.648. The lowest BCUT2D eigenvalue weighted by molar-refractivity contribution is -0.137. The van der Waals surface area contributed by atoms with Gasteiger partial charge in [0.1, 0.15) is 5.75 Å². The van der Waals surface area contributed by atoms with E-state index < -0.39 is 33.2 Å². The minimum Gasteiger partial charge on any atom is -0.507 e. The summed E-state index contributed by atoms with van der Waals surface area (Å²) < 4.78 is 62.0. The van der Waals surface area contributed by atoms with Crippen LogP contribution in [0.15, 0.2) is 47.4 Å². The predicted octanol–water partition coefficient (Wildman–Crippen LogP) is 4.59. The van der Waals surface area contributed by atoms with Gasteiger partial charge in [0.15, 0.2) is 9.84 Å². The highest BCUT2D eigenvalue weighted by atomic mass is 32.2. The van der Waals surface area contributed by atoms with Crippen LogP contribution in [0.3, 0.4) is 0 Å². The van der Waals surface area contributed by atoms with Crippen molar-refractivity contribution in [2.45, 2.75) is 50.2 Å². The molecule has 174 valence electrons. The molecule has 0 aliphatic heterocycles. The highest BCUT2D eigenvalue weighted by molar-refractivity contribution is 7.90. The molecule has 0 unspecified atom stereocenters. The Morgan fingerprint density at radius 2 is 1.78 bits per heavy atom. The van der Waals surface area contributed by atoms with E-state index in [1.165, 1.54) is 24.3 Å². The van der Waals surface area contributed by atoms with Gasteiger partial charge in [0.05, 0.1) is 16.0 Å². The van der Waals surface area contributed by atoms with Crippen LogP contribution in [-0.4, -0.2) is 31.7 Å². The van der Waals surface area contributed by atoms with Crippen molar-refractivity contribution in [3.63, 3.8) is 0 Å². The fourth-order valence-electron chi connectivity index (χ4n) is 4.10. The van der Waals surface area contributed by atoms with Gasteiger partial charge in [-0.1, -0.05) is 32.0 Å². The first-order chi connectivity index (χ1) is 14.7. The monoisotopic (exact) mass is 469 g/mol. The van der Waals surface area contributed by atoms with E-state index >= 15 is 0 Å². The lowest BCUT2D eigenvalue weighted by Crippen LogP contribution is -2.49. The maximum Gasteiger partial charge on any atom is 0.416 e. The first-order valence-corrected chi connectivity index (χ1v) is 12.1. The zero-order valence-electron chi connectivity index (χ0n) is 18.0. The average Bonchev–Trinajstić information content (AvgIpc) is 2.62. The summed E-state index contributed by atoms with van der Waals surface area (Å²) in [6, 6.07) is 8.82. The summed E-state index contributed by atoms with van der Waals surface area (Å²) in [5.41, 5.74) is -0.311. The largest absolute Gasteiger partial charge is 0.507 e. The number of alkyl halides is 3. The summed E-state index contributed by atoms with van der Waals surface area (Å²) in [7, 11) is -3.50. The number of carbonyl (C=O) groups is 1. The Bertz CT molecular complexity index is 1120. The Morgan fingerprint density at radius 3 is 2.34 bits per heavy atom. The van der Waals surface area contributed by atoms with Gasteiger partial charge in [-0.3, -0.25) is 4.79 Å². The highest BCUT2D eigenvalue weighted by Crippen LogP contribution is 2.44. The van der Waals surface area contributed by atoms with Gasteiger partial charge in [0.25, 0.3) is 5.91 Å². The van der Waals surface area contributed by atoms with E-state index in [1.54, 1.807) is 6.07 Å². The molecular weight excluding hydrogens is 443 g/mol. The zero-order chi connectivity index (χ0) is 23.9. The molecule has 2 N–H and O–H groups in total. The fourth-order valence-corrected chi connectivity index (χ4v) is 4.74.